The number of ether oxygens (including phenoxy) is 1. The van der Waals surface area contributed by atoms with E-state index < -0.39 is 6.03 Å². The van der Waals surface area contributed by atoms with E-state index in [2.05, 4.69) is 15.7 Å². The molecule has 0 aliphatic heterocycles. The van der Waals surface area contributed by atoms with Crippen LogP contribution in [-0.2, 0) is 11.3 Å². The monoisotopic (exact) mass is 413 g/mol. The zero-order chi connectivity index (χ0) is 20.8. The smallest absolute Gasteiger partial charge is 0.323 e. The maximum absolute atomic E-state index is 12.4. The second-order valence-corrected chi connectivity index (χ2v) is 6.79. The number of para-hydroxylation sites is 1. The summed E-state index contributed by atoms with van der Waals surface area (Å²) >= 11 is 6.06. The number of likely N-dealkylation sites (N-methyl/N-ethyl adjacent to an activating group) is 1. The predicted octanol–water partition coefficient (Wildman–Crippen LogP) is 4.06. The number of urea groups is 1. The molecule has 0 fully saturated rings. The van der Waals surface area contributed by atoms with Crippen LogP contribution in [0.15, 0.2) is 60.9 Å². The first-order valence-corrected chi connectivity index (χ1v) is 9.11. The lowest BCUT2D eigenvalue weighted by Crippen LogP contribution is -2.26. The SMILES string of the molecule is CN(C)C(=O)Cn1cc(NC(=O)Nc2cc(Cl)ccc2Oc2ccccc2)cn1. The van der Waals surface area contributed by atoms with Gasteiger partial charge in [-0.15, -0.1) is 0 Å². The fourth-order valence-electron chi connectivity index (χ4n) is 2.38. The predicted molar refractivity (Wildman–Crippen MR) is 112 cm³/mol. The van der Waals surface area contributed by atoms with Crippen LogP contribution in [0.25, 0.3) is 0 Å². The Hall–Kier alpha value is -3.52. The molecule has 0 spiro atoms. The Bertz CT molecular complexity index is 1000. The zero-order valence-corrected chi connectivity index (χ0v) is 16.7. The largest absolute Gasteiger partial charge is 0.455 e. The molecule has 0 saturated carbocycles. The van der Waals surface area contributed by atoms with E-state index in [1.54, 1.807) is 38.5 Å². The third-order valence-corrected chi connectivity index (χ3v) is 4.08. The van der Waals surface area contributed by atoms with Gasteiger partial charge in [0.15, 0.2) is 5.75 Å². The van der Waals surface area contributed by atoms with Crippen molar-refractivity contribution in [3.63, 3.8) is 0 Å². The van der Waals surface area contributed by atoms with Crippen molar-refractivity contribution in [1.29, 1.82) is 0 Å². The summed E-state index contributed by atoms with van der Waals surface area (Å²) in [5.41, 5.74) is 0.857. The Morgan fingerprint density at radius 1 is 1.14 bits per heavy atom. The lowest BCUT2D eigenvalue weighted by molar-refractivity contribution is -0.129. The quantitative estimate of drug-likeness (QED) is 0.637. The number of anilines is 2. The lowest BCUT2D eigenvalue weighted by Gasteiger charge is -2.13. The average Bonchev–Trinajstić information content (AvgIpc) is 3.11. The molecular weight excluding hydrogens is 394 g/mol. The van der Waals surface area contributed by atoms with Crippen LogP contribution in [0.1, 0.15) is 0 Å². The first kappa shape index (κ1) is 20.2. The van der Waals surface area contributed by atoms with Gasteiger partial charge in [-0.1, -0.05) is 29.8 Å². The highest BCUT2D eigenvalue weighted by atomic mass is 35.5. The fraction of sp³-hybridized carbons (Fsp3) is 0.150. The molecule has 0 unspecified atom stereocenters. The van der Waals surface area contributed by atoms with Crippen molar-refractivity contribution >= 4 is 34.9 Å². The van der Waals surface area contributed by atoms with Crippen molar-refractivity contribution in [2.24, 2.45) is 0 Å². The first-order valence-electron chi connectivity index (χ1n) is 8.74. The molecule has 0 aliphatic rings. The summed E-state index contributed by atoms with van der Waals surface area (Å²) in [4.78, 5) is 25.6. The molecule has 0 radical (unpaired) electrons. The molecule has 150 valence electrons. The summed E-state index contributed by atoms with van der Waals surface area (Å²) in [6, 6.07) is 13.7. The van der Waals surface area contributed by atoms with Crippen LogP contribution in [0, 0.1) is 0 Å². The molecule has 2 aromatic carbocycles. The third-order valence-electron chi connectivity index (χ3n) is 3.85. The maximum Gasteiger partial charge on any atom is 0.323 e. The van der Waals surface area contributed by atoms with Gasteiger partial charge < -0.3 is 20.3 Å². The summed E-state index contributed by atoms with van der Waals surface area (Å²) in [5, 5.41) is 9.90. The van der Waals surface area contributed by atoms with Crippen LogP contribution >= 0.6 is 11.6 Å². The number of carbonyl (C=O) groups excluding carboxylic acids is 2. The van der Waals surface area contributed by atoms with Crippen LogP contribution in [0.3, 0.4) is 0 Å². The van der Waals surface area contributed by atoms with Crippen LogP contribution in [0.2, 0.25) is 5.02 Å². The van der Waals surface area contributed by atoms with Gasteiger partial charge in [-0.25, -0.2) is 4.79 Å². The van der Waals surface area contributed by atoms with Crippen molar-refractivity contribution < 1.29 is 14.3 Å². The Labute approximate surface area is 173 Å². The van der Waals surface area contributed by atoms with Crippen LogP contribution in [0.4, 0.5) is 16.2 Å². The number of amides is 3. The average molecular weight is 414 g/mol. The molecular formula is C20H20ClN5O3. The molecule has 2 N–H and O–H groups in total. The van der Waals surface area contributed by atoms with Gasteiger partial charge in [-0.05, 0) is 30.3 Å². The highest BCUT2D eigenvalue weighted by molar-refractivity contribution is 6.31. The summed E-state index contributed by atoms with van der Waals surface area (Å²) in [7, 11) is 3.33. The van der Waals surface area contributed by atoms with E-state index >= 15 is 0 Å². The van der Waals surface area contributed by atoms with Crippen LogP contribution in [-0.4, -0.2) is 40.7 Å². The molecule has 0 atom stereocenters. The van der Waals surface area contributed by atoms with E-state index in [9.17, 15) is 9.59 Å². The van der Waals surface area contributed by atoms with E-state index in [0.29, 0.717) is 27.9 Å². The van der Waals surface area contributed by atoms with Crippen LogP contribution < -0.4 is 15.4 Å². The number of hydrogen-bond acceptors (Lipinski definition) is 4. The molecule has 1 aromatic heterocycles. The van der Waals surface area contributed by atoms with Gasteiger partial charge in [0.1, 0.15) is 12.3 Å². The normalized spacial score (nSPS) is 10.3. The second kappa shape index (κ2) is 9.11. The van der Waals surface area contributed by atoms with Crippen molar-refractivity contribution in [3.05, 3.63) is 65.9 Å². The Kier molecular flexibility index (Phi) is 6.36. The maximum atomic E-state index is 12.4. The van der Waals surface area contributed by atoms with E-state index in [-0.39, 0.29) is 12.5 Å². The summed E-state index contributed by atoms with van der Waals surface area (Å²) in [5.74, 6) is 0.971. The topological polar surface area (TPSA) is 88.5 Å². The van der Waals surface area contributed by atoms with Crippen molar-refractivity contribution in [3.8, 4) is 11.5 Å². The molecule has 0 bridgehead atoms. The molecule has 8 nitrogen and oxygen atoms in total. The fourth-order valence-corrected chi connectivity index (χ4v) is 2.56. The molecule has 3 amide bonds. The highest BCUT2D eigenvalue weighted by Gasteiger charge is 2.12. The number of aromatic nitrogens is 2. The van der Waals surface area contributed by atoms with Gasteiger partial charge in [-0.2, -0.15) is 5.10 Å². The second-order valence-electron chi connectivity index (χ2n) is 6.35. The Balaban J connectivity index is 1.67. The summed E-state index contributed by atoms with van der Waals surface area (Å²) in [6.45, 7) is 0.0830. The lowest BCUT2D eigenvalue weighted by atomic mass is 10.3. The van der Waals surface area contributed by atoms with E-state index in [1.807, 2.05) is 30.3 Å². The van der Waals surface area contributed by atoms with Gasteiger partial charge in [0, 0.05) is 25.3 Å². The van der Waals surface area contributed by atoms with Gasteiger partial charge in [0.2, 0.25) is 5.91 Å². The van der Waals surface area contributed by atoms with Gasteiger partial charge in [-0.3, -0.25) is 9.48 Å². The number of benzene rings is 2. The molecule has 0 saturated heterocycles. The zero-order valence-electron chi connectivity index (χ0n) is 15.9. The standard InChI is InChI=1S/C20H20ClN5O3/c1-25(2)19(27)13-26-12-15(11-22-26)23-20(28)24-17-10-14(21)8-9-18(17)29-16-6-4-3-5-7-16/h3-12H,13H2,1-2H3,(H2,23,24,28). The van der Waals surface area contributed by atoms with Gasteiger partial charge in [0.25, 0.3) is 0 Å². The summed E-state index contributed by atoms with van der Waals surface area (Å²) < 4.78 is 7.27. The number of carbonyl (C=O) groups is 2. The number of hydrogen-bond donors (Lipinski definition) is 2. The minimum absolute atomic E-state index is 0.0830. The molecule has 29 heavy (non-hydrogen) atoms. The Morgan fingerprint density at radius 3 is 2.62 bits per heavy atom. The Morgan fingerprint density at radius 2 is 1.90 bits per heavy atom. The molecule has 9 heteroatoms. The molecule has 0 aliphatic carbocycles. The molecule has 3 rings (SSSR count). The van der Waals surface area contributed by atoms with E-state index in [0.717, 1.165) is 0 Å². The minimum atomic E-state index is -0.497. The molecule has 3 aromatic rings. The summed E-state index contributed by atoms with van der Waals surface area (Å²) in [6.07, 6.45) is 3.03. The number of rotatable bonds is 6. The number of nitrogens with one attached hydrogen (secondary N) is 2. The van der Waals surface area contributed by atoms with Crippen molar-refractivity contribution in [1.82, 2.24) is 14.7 Å². The minimum Gasteiger partial charge on any atom is -0.455 e. The highest BCUT2D eigenvalue weighted by Crippen LogP contribution is 2.32. The first-order chi connectivity index (χ1) is 13.9. The van der Waals surface area contributed by atoms with Crippen molar-refractivity contribution in [2.45, 2.75) is 6.54 Å². The van der Waals surface area contributed by atoms with Crippen LogP contribution in [0.5, 0.6) is 11.5 Å². The third kappa shape index (κ3) is 5.73. The van der Waals surface area contributed by atoms with Gasteiger partial charge >= 0.3 is 6.03 Å². The van der Waals surface area contributed by atoms with Crippen molar-refractivity contribution in [2.75, 3.05) is 24.7 Å². The van der Waals surface area contributed by atoms with E-state index in [1.165, 1.54) is 15.8 Å². The number of nitrogens with zero attached hydrogens (tertiary/aromatic N) is 3. The van der Waals surface area contributed by atoms with E-state index in [4.69, 9.17) is 16.3 Å². The molecule has 1 heterocycles. The number of halogens is 1. The van der Waals surface area contributed by atoms with Gasteiger partial charge in [0.05, 0.1) is 17.6 Å².